The lowest BCUT2D eigenvalue weighted by Crippen LogP contribution is -2.40. The van der Waals surface area contributed by atoms with Crippen molar-refractivity contribution in [3.05, 3.63) is 24.3 Å². The summed E-state index contributed by atoms with van der Waals surface area (Å²) >= 11 is 0. The van der Waals surface area contributed by atoms with E-state index in [9.17, 15) is 0 Å². The van der Waals surface area contributed by atoms with Gasteiger partial charge in [-0.15, -0.1) is 0 Å². The number of aliphatic imine (C=N–C) groups is 1. The maximum Gasteiger partial charge on any atom is 0.190 e. The lowest BCUT2D eigenvalue weighted by molar-refractivity contribution is 0.223. The van der Waals surface area contributed by atoms with E-state index in [0.29, 0.717) is 6.54 Å². The smallest absolute Gasteiger partial charge is 0.190 e. The van der Waals surface area contributed by atoms with E-state index in [1.54, 1.807) is 14.2 Å². The van der Waals surface area contributed by atoms with Gasteiger partial charge in [0.05, 0.1) is 13.7 Å². The Bertz CT molecular complexity index is 376. The Morgan fingerprint density at radius 1 is 1.28 bits per heavy atom. The third-order valence-electron chi connectivity index (χ3n) is 2.41. The maximum atomic E-state index is 5.75. The van der Waals surface area contributed by atoms with Crippen LogP contribution in [0.5, 0.6) is 11.5 Å². The first-order valence-electron chi connectivity index (χ1n) is 5.88. The van der Waals surface area contributed by atoms with Crippen molar-refractivity contribution in [2.75, 3.05) is 27.7 Å². The normalized spacial score (nSPS) is 12.8. The Morgan fingerprint density at radius 2 is 1.89 bits per heavy atom. The molecule has 100 valence electrons. The number of hydrogen-bond acceptors (Lipinski definition) is 3. The summed E-state index contributed by atoms with van der Waals surface area (Å²) in [6.07, 6.45) is 0.0449. The highest BCUT2D eigenvalue weighted by atomic mass is 16.5. The van der Waals surface area contributed by atoms with Gasteiger partial charge in [0, 0.05) is 14.1 Å². The van der Waals surface area contributed by atoms with E-state index in [0.717, 1.165) is 17.5 Å². The summed E-state index contributed by atoms with van der Waals surface area (Å²) in [4.78, 5) is 4.03. The molecule has 0 aromatic heterocycles. The van der Waals surface area contributed by atoms with Gasteiger partial charge in [0.25, 0.3) is 0 Å². The number of nitrogens with one attached hydrogen (secondary N) is 2. The Hall–Kier alpha value is -1.91. The number of methoxy groups -OCH3 is 1. The van der Waals surface area contributed by atoms with Gasteiger partial charge in [0.15, 0.2) is 5.96 Å². The Labute approximate surface area is 108 Å². The first-order valence-corrected chi connectivity index (χ1v) is 5.88. The van der Waals surface area contributed by atoms with Crippen LogP contribution in [0.4, 0.5) is 0 Å². The van der Waals surface area contributed by atoms with Gasteiger partial charge < -0.3 is 20.1 Å². The zero-order valence-corrected chi connectivity index (χ0v) is 11.4. The first-order chi connectivity index (χ1) is 8.69. The molecule has 0 saturated heterocycles. The molecule has 1 atom stereocenters. The molecule has 5 nitrogen and oxygen atoms in total. The van der Waals surface area contributed by atoms with E-state index in [4.69, 9.17) is 9.47 Å². The summed E-state index contributed by atoms with van der Waals surface area (Å²) in [6, 6.07) is 7.54. The van der Waals surface area contributed by atoms with E-state index < -0.39 is 0 Å². The molecule has 0 aliphatic rings. The van der Waals surface area contributed by atoms with Crippen molar-refractivity contribution in [1.82, 2.24) is 10.6 Å². The fourth-order valence-corrected chi connectivity index (χ4v) is 1.45. The number of ether oxygens (including phenoxy) is 2. The molecule has 2 N–H and O–H groups in total. The van der Waals surface area contributed by atoms with Gasteiger partial charge in [-0.05, 0) is 31.2 Å². The highest BCUT2D eigenvalue weighted by Crippen LogP contribution is 2.17. The topological polar surface area (TPSA) is 54.9 Å². The van der Waals surface area contributed by atoms with Crippen molar-refractivity contribution in [1.29, 1.82) is 0 Å². The molecule has 0 saturated carbocycles. The predicted molar refractivity (Wildman–Crippen MR) is 73.5 cm³/mol. The molecule has 0 aliphatic heterocycles. The summed E-state index contributed by atoms with van der Waals surface area (Å²) in [5.74, 6) is 2.40. The van der Waals surface area contributed by atoms with Crippen LogP contribution in [-0.2, 0) is 0 Å². The van der Waals surface area contributed by atoms with Gasteiger partial charge in [-0.2, -0.15) is 0 Å². The molecule has 0 bridgehead atoms. The van der Waals surface area contributed by atoms with Crippen LogP contribution < -0.4 is 20.1 Å². The fraction of sp³-hybridized carbons (Fsp3) is 0.462. The van der Waals surface area contributed by atoms with E-state index in [1.807, 2.05) is 38.2 Å². The van der Waals surface area contributed by atoms with Crippen LogP contribution in [0.2, 0.25) is 0 Å². The average molecular weight is 251 g/mol. The molecule has 0 spiro atoms. The van der Waals surface area contributed by atoms with Crippen LogP contribution >= 0.6 is 0 Å². The van der Waals surface area contributed by atoms with Crippen molar-refractivity contribution < 1.29 is 9.47 Å². The standard InChI is InChI=1S/C13H21N3O2/c1-10(9-16-13(14-2)15-3)18-12-7-5-11(17-4)6-8-12/h5-8,10H,9H2,1-4H3,(H2,14,15,16)/t10-/m1/s1. The fourth-order valence-electron chi connectivity index (χ4n) is 1.45. The van der Waals surface area contributed by atoms with Gasteiger partial charge in [0.1, 0.15) is 17.6 Å². The zero-order valence-electron chi connectivity index (χ0n) is 11.4. The molecule has 0 unspecified atom stereocenters. The lowest BCUT2D eigenvalue weighted by atomic mass is 10.3. The van der Waals surface area contributed by atoms with E-state index >= 15 is 0 Å². The second kappa shape index (κ2) is 7.42. The summed E-state index contributed by atoms with van der Waals surface area (Å²) < 4.78 is 10.8. The van der Waals surface area contributed by atoms with Crippen molar-refractivity contribution in [2.24, 2.45) is 4.99 Å². The average Bonchev–Trinajstić information content (AvgIpc) is 2.41. The quantitative estimate of drug-likeness (QED) is 0.611. The number of benzene rings is 1. The Kier molecular flexibility index (Phi) is 5.84. The molecule has 0 heterocycles. The monoisotopic (exact) mass is 251 g/mol. The molecule has 1 rings (SSSR count). The van der Waals surface area contributed by atoms with E-state index in [1.165, 1.54) is 0 Å². The predicted octanol–water partition coefficient (Wildman–Crippen LogP) is 1.26. The van der Waals surface area contributed by atoms with Gasteiger partial charge in [0.2, 0.25) is 0 Å². The van der Waals surface area contributed by atoms with Crippen LogP contribution in [0.15, 0.2) is 29.3 Å². The zero-order chi connectivity index (χ0) is 13.4. The van der Waals surface area contributed by atoms with Gasteiger partial charge in [-0.25, -0.2) is 0 Å². The number of hydrogen-bond donors (Lipinski definition) is 2. The summed E-state index contributed by atoms with van der Waals surface area (Å²) in [5.41, 5.74) is 0. The second-order valence-corrected chi connectivity index (χ2v) is 3.81. The summed E-state index contributed by atoms with van der Waals surface area (Å²) in [7, 11) is 5.20. The number of nitrogens with zero attached hydrogens (tertiary/aromatic N) is 1. The second-order valence-electron chi connectivity index (χ2n) is 3.81. The van der Waals surface area contributed by atoms with Crippen LogP contribution in [0, 0.1) is 0 Å². The molecular formula is C13H21N3O2. The first kappa shape index (κ1) is 14.2. The van der Waals surface area contributed by atoms with Crippen LogP contribution in [0.25, 0.3) is 0 Å². The van der Waals surface area contributed by atoms with Gasteiger partial charge in [-0.3, -0.25) is 4.99 Å². The molecule has 1 aromatic rings. The molecule has 5 heteroatoms. The highest BCUT2D eigenvalue weighted by Gasteiger charge is 2.05. The Balaban J connectivity index is 2.41. The Morgan fingerprint density at radius 3 is 2.39 bits per heavy atom. The molecule has 18 heavy (non-hydrogen) atoms. The highest BCUT2D eigenvalue weighted by molar-refractivity contribution is 5.79. The SMILES string of the molecule is CN=C(NC)NC[C@@H](C)Oc1ccc(OC)cc1. The molecule has 1 aromatic carbocycles. The summed E-state index contributed by atoms with van der Waals surface area (Å²) in [6.45, 7) is 2.68. The maximum absolute atomic E-state index is 5.75. The van der Waals surface area contributed by atoms with Crippen molar-refractivity contribution in [3.8, 4) is 11.5 Å². The van der Waals surface area contributed by atoms with Crippen LogP contribution in [0.1, 0.15) is 6.92 Å². The minimum atomic E-state index is 0.0449. The largest absolute Gasteiger partial charge is 0.497 e. The molecule has 0 radical (unpaired) electrons. The molecule has 0 fully saturated rings. The van der Waals surface area contributed by atoms with Crippen molar-refractivity contribution in [2.45, 2.75) is 13.0 Å². The van der Waals surface area contributed by atoms with Crippen molar-refractivity contribution >= 4 is 5.96 Å². The minimum Gasteiger partial charge on any atom is -0.497 e. The van der Waals surface area contributed by atoms with Crippen LogP contribution in [-0.4, -0.2) is 39.8 Å². The summed E-state index contributed by atoms with van der Waals surface area (Å²) in [5, 5.41) is 6.10. The van der Waals surface area contributed by atoms with E-state index in [-0.39, 0.29) is 6.10 Å². The number of rotatable bonds is 5. The third kappa shape index (κ3) is 4.53. The molecule has 0 aliphatic carbocycles. The van der Waals surface area contributed by atoms with Gasteiger partial charge >= 0.3 is 0 Å². The van der Waals surface area contributed by atoms with Crippen molar-refractivity contribution in [3.63, 3.8) is 0 Å². The third-order valence-corrected chi connectivity index (χ3v) is 2.41. The van der Waals surface area contributed by atoms with E-state index in [2.05, 4.69) is 15.6 Å². The van der Waals surface area contributed by atoms with Crippen LogP contribution in [0.3, 0.4) is 0 Å². The number of guanidine groups is 1. The molecule has 0 amide bonds. The van der Waals surface area contributed by atoms with Gasteiger partial charge in [-0.1, -0.05) is 0 Å². The minimum absolute atomic E-state index is 0.0449. The molecular weight excluding hydrogens is 230 g/mol. The lowest BCUT2D eigenvalue weighted by Gasteiger charge is -2.16.